The summed E-state index contributed by atoms with van der Waals surface area (Å²) in [6, 6.07) is 3.00. The number of pyridine rings is 2. The van der Waals surface area contributed by atoms with E-state index in [2.05, 4.69) is 15.3 Å². The average Bonchev–Trinajstić information content (AvgIpc) is 2.38. The fraction of sp³-hybridized carbons (Fsp3) is 0.0833. The fourth-order valence-electron chi connectivity index (χ4n) is 1.38. The predicted octanol–water partition coefficient (Wildman–Crippen LogP) is 2.20. The van der Waals surface area contributed by atoms with E-state index in [4.69, 9.17) is 11.6 Å². The molecule has 0 saturated carbocycles. The molecule has 0 atom stereocenters. The molecular formula is C12H9ClFN3O. The number of carbonyl (C=O) groups is 1. The molecule has 6 heteroatoms. The molecule has 1 amide bonds. The molecule has 92 valence electrons. The molecule has 0 fully saturated rings. The summed E-state index contributed by atoms with van der Waals surface area (Å²) >= 11 is 5.82. The van der Waals surface area contributed by atoms with Crippen molar-refractivity contribution in [3.05, 3.63) is 58.9 Å². The Morgan fingerprint density at radius 1 is 1.28 bits per heavy atom. The van der Waals surface area contributed by atoms with Crippen molar-refractivity contribution in [1.29, 1.82) is 0 Å². The van der Waals surface area contributed by atoms with Gasteiger partial charge in [-0.05, 0) is 12.1 Å². The number of amides is 1. The van der Waals surface area contributed by atoms with E-state index in [0.717, 1.165) is 6.20 Å². The van der Waals surface area contributed by atoms with Crippen LogP contribution < -0.4 is 5.32 Å². The van der Waals surface area contributed by atoms with Gasteiger partial charge in [0.1, 0.15) is 5.82 Å². The Labute approximate surface area is 108 Å². The van der Waals surface area contributed by atoms with E-state index < -0.39 is 5.82 Å². The molecule has 0 radical (unpaired) electrons. The van der Waals surface area contributed by atoms with Crippen LogP contribution in [-0.2, 0) is 6.54 Å². The Balaban J connectivity index is 2.06. The predicted molar refractivity (Wildman–Crippen MR) is 64.6 cm³/mol. The number of aromatic nitrogens is 2. The molecule has 0 aromatic carbocycles. The largest absolute Gasteiger partial charge is 0.348 e. The van der Waals surface area contributed by atoms with Crippen LogP contribution in [0.5, 0.6) is 0 Å². The first-order valence-corrected chi connectivity index (χ1v) is 5.52. The minimum atomic E-state index is -0.460. The second-order valence-corrected chi connectivity index (χ2v) is 3.91. The van der Waals surface area contributed by atoms with Crippen LogP contribution in [0.4, 0.5) is 4.39 Å². The number of rotatable bonds is 3. The van der Waals surface area contributed by atoms with Gasteiger partial charge < -0.3 is 5.32 Å². The third-order valence-corrected chi connectivity index (χ3v) is 2.61. The number of hydrogen-bond acceptors (Lipinski definition) is 3. The lowest BCUT2D eigenvalue weighted by Crippen LogP contribution is -2.23. The summed E-state index contributed by atoms with van der Waals surface area (Å²) in [5, 5.41) is 2.83. The summed E-state index contributed by atoms with van der Waals surface area (Å²) in [4.78, 5) is 19.2. The molecule has 0 aliphatic heterocycles. The highest BCUT2D eigenvalue weighted by Crippen LogP contribution is 2.13. The van der Waals surface area contributed by atoms with Crippen molar-refractivity contribution < 1.29 is 9.18 Å². The third kappa shape index (κ3) is 2.81. The summed E-state index contributed by atoms with van der Waals surface area (Å²) in [6.45, 7) is 0.0752. The van der Waals surface area contributed by atoms with E-state index >= 15 is 0 Å². The smallest absolute Gasteiger partial charge is 0.253 e. The molecule has 18 heavy (non-hydrogen) atoms. The Bertz CT molecular complexity index is 577. The number of nitrogens with one attached hydrogen (secondary N) is 1. The highest BCUT2D eigenvalue weighted by atomic mass is 35.5. The van der Waals surface area contributed by atoms with E-state index in [1.54, 1.807) is 0 Å². The van der Waals surface area contributed by atoms with Crippen LogP contribution in [-0.4, -0.2) is 15.9 Å². The number of hydrogen-bond donors (Lipinski definition) is 1. The topological polar surface area (TPSA) is 54.9 Å². The van der Waals surface area contributed by atoms with Crippen molar-refractivity contribution in [2.45, 2.75) is 6.54 Å². The molecule has 1 N–H and O–H groups in total. The van der Waals surface area contributed by atoms with Crippen LogP contribution >= 0.6 is 11.6 Å². The van der Waals surface area contributed by atoms with Gasteiger partial charge in [0.15, 0.2) is 0 Å². The molecule has 0 aliphatic carbocycles. The van der Waals surface area contributed by atoms with Crippen LogP contribution in [0, 0.1) is 5.82 Å². The average molecular weight is 266 g/mol. The summed E-state index contributed by atoms with van der Waals surface area (Å²) in [5.74, 6) is -0.836. The molecule has 0 aliphatic rings. The molecule has 0 bridgehead atoms. The van der Waals surface area contributed by atoms with E-state index in [0.29, 0.717) is 11.1 Å². The van der Waals surface area contributed by atoms with Gasteiger partial charge in [0.05, 0.1) is 16.8 Å². The third-order valence-electron chi connectivity index (χ3n) is 2.31. The standard InChI is InChI=1S/C12H9ClFN3O/c13-10-6-15-4-2-9(10)12(18)17-5-8-1-3-16-7-11(8)14/h1-4,6-7H,5H2,(H,17,18). The maximum atomic E-state index is 13.3. The Morgan fingerprint density at radius 3 is 2.72 bits per heavy atom. The quantitative estimate of drug-likeness (QED) is 0.926. The first kappa shape index (κ1) is 12.4. The number of halogens is 2. The molecule has 0 unspecified atom stereocenters. The molecule has 2 aromatic heterocycles. The van der Waals surface area contributed by atoms with Gasteiger partial charge in [-0.1, -0.05) is 11.6 Å². The van der Waals surface area contributed by atoms with Gasteiger partial charge in [0.25, 0.3) is 5.91 Å². The van der Waals surface area contributed by atoms with Gasteiger partial charge >= 0.3 is 0 Å². The van der Waals surface area contributed by atoms with Crippen molar-refractivity contribution in [3.8, 4) is 0 Å². The minimum Gasteiger partial charge on any atom is -0.348 e. The van der Waals surface area contributed by atoms with Gasteiger partial charge in [0.2, 0.25) is 0 Å². The zero-order valence-electron chi connectivity index (χ0n) is 9.23. The molecule has 2 rings (SSSR count). The van der Waals surface area contributed by atoms with Gasteiger partial charge in [-0.25, -0.2) is 4.39 Å². The molecule has 0 saturated heterocycles. The first-order chi connectivity index (χ1) is 8.68. The van der Waals surface area contributed by atoms with Crippen LogP contribution in [0.3, 0.4) is 0 Å². The van der Waals surface area contributed by atoms with Crippen molar-refractivity contribution in [1.82, 2.24) is 15.3 Å². The van der Waals surface area contributed by atoms with E-state index in [1.165, 1.54) is 30.7 Å². The van der Waals surface area contributed by atoms with Crippen molar-refractivity contribution in [2.24, 2.45) is 0 Å². The van der Waals surface area contributed by atoms with E-state index in [9.17, 15) is 9.18 Å². The van der Waals surface area contributed by atoms with Crippen LogP contribution in [0.15, 0.2) is 36.9 Å². The number of carbonyl (C=O) groups excluding carboxylic acids is 1. The molecular weight excluding hydrogens is 257 g/mol. The van der Waals surface area contributed by atoms with Crippen LogP contribution in [0.2, 0.25) is 5.02 Å². The highest BCUT2D eigenvalue weighted by Gasteiger charge is 2.10. The van der Waals surface area contributed by atoms with Gasteiger partial charge in [0, 0.05) is 30.7 Å². The highest BCUT2D eigenvalue weighted by molar-refractivity contribution is 6.33. The van der Waals surface area contributed by atoms with Crippen molar-refractivity contribution in [2.75, 3.05) is 0 Å². The fourth-order valence-corrected chi connectivity index (χ4v) is 1.58. The second-order valence-electron chi connectivity index (χ2n) is 3.51. The van der Waals surface area contributed by atoms with Crippen molar-refractivity contribution >= 4 is 17.5 Å². The van der Waals surface area contributed by atoms with Crippen LogP contribution in [0.1, 0.15) is 15.9 Å². The maximum Gasteiger partial charge on any atom is 0.253 e. The zero-order valence-corrected chi connectivity index (χ0v) is 9.99. The molecule has 4 nitrogen and oxygen atoms in total. The van der Waals surface area contributed by atoms with Gasteiger partial charge in [-0.15, -0.1) is 0 Å². The van der Waals surface area contributed by atoms with Gasteiger partial charge in [-0.2, -0.15) is 0 Å². The lowest BCUT2D eigenvalue weighted by atomic mass is 10.2. The normalized spacial score (nSPS) is 10.1. The monoisotopic (exact) mass is 265 g/mol. The first-order valence-electron chi connectivity index (χ1n) is 5.14. The Kier molecular flexibility index (Phi) is 3.84. The molecule has 0 spiro atoms. The summed E-state index contributed by atoms with van der Waals surface area (Å²) in [6.07, 6.45) is 5.40. The van der Waals surface area contributed by atoms with E-state index in [-0.39, 0.29) is 17.5 Å². The SMILES string of the molecule is O=C(NCc1ccncc1F)c1ccncc1Cl. The lowest BCUT2D eigenvalue weighted by molar-refractivity contribution is 0.0950. The zero-order chi connectivity index (χ0) is 13.0. The van der Waals surface area contributed by atoms with Crippen molar-refractivity contribution in [3.63, 3.8) is 0 Å². The molecule has 2 heterocycles. The van der Waals surface area contributed by atoms with E-state index in [1.807, 2.05) is 0 Å². The summed E-state index contributed by atoms with van der Waals surface area (Å²) in [5.41, 5.74) is 0.671. The number of nitrogens with zero attached hydrogens (tertiary/aromatic N) is 2. The minimum absolute atomic E-state index is 0.0752. The summed E-state index contributed by atoms with van der Waals surface area (Å²) in [7, 11) is 0. The Hall–Kier alpha value is -2.01. The van der Waals surface area contributed by atoms with Crippen LogP contribution in [0.25, 0.3) is 0 Å². The lowest BCUT2D eigenvalue weighted by Gasteiger charge is -2.06. The Morgan fingerprint density at radius 2 is 2.00 bits per heavy atom. The molecule has 2 aromatic rings. The second kappa shape index (κ2) is 5.55. The van der Waals surface area contributed by atoms with Gasteiger partial charge in [-0.3, -0.25) is 14.8 Å². The summed E-state index contributed by atoms with van der Waals surface area (Å²) < 4.78 is 13.3. The maximum absolute atomic E-state index is 13.3.